The van der Waals surface area contributed by atoms with Gasteiger partial charge in [0.25, 0.3) is 0 Å². The standard InChI is InChI=1S/C14H21N3O/c1-2-11-8-15-13(16-9-11)17-12-7-14(18-10-12)5-3-4-6-14/h8-9,12H,2-7,10H2,1H3,(H,15,16,17). The van der Waals surface area contributed by atoms with Crippen molar-refractivity contribution >= 4 is 5.95 Å². The smallest absolute Gasteiger partial charge is 0.222 e. The zero-order valence-electron chi connectivity index (χ0n) is 11.0. The Kier molecular flexibility index (Phi) is 3.20. The van der Waals surface area contributed by atoms with Crippen LogP contribution in [0.15, 0.2) is 12.4 Å². The van der Waals surface area contributed by atoms with Crippen molar-refractivity contribution in [1.29, 1.82) is 0 Å². The van der Waals surface area contributed by atoms with Crippen molar-refractivity contribution in [3.8, 4) is 0 Å². The van der Waals surface area contributed by atoms with Gasteiger partial charge in [0.05, 0.1) is 18.2 Å². The molecule has 1 atom stereocenters. The normalized spacial score (nSPS) is 25.7. The number of aryl methyl sites for hydroxylation is 1. The van der Waals surface area contributed by atoms with Crippen LogP contribution in [0.5, 0.6) is 0 Å². The van der Waals surface area contributed by atoms with Gasteiger partial charge in [-0.05, 0) is 31.2 Å². The van der Waals surface area contributed by atoms with Crippen LogP contribution >= 0.6 is 0 Å². The number of anilines is 1. The molecule has 1 unspecified atom stereocenters. The van der Waals surface area contributed by atoms with E-state index < -0.39 is 0 Å². The Labute approximate surface area is 108 Å². The van der Waals surface area contributed by atoms with Crippen LogP contribution in [-0.2, 0) is 11.2 Å². The van der Waals surface area contributed by atoms with E-state index in [0.29, 0.717) is 6.04 Å². The van der Waals surface area contributed by atoms with Gasteiger partial charge < -0.3 is 10.1 Å². The summed E-state index contributed by atoms with van der Waals surface area (Å²) in [6.45, 7) is 2.90. The molecule has 3 rings (SSSR count). The highest BCUT2D eigenvalue weighted by Crippen LogP contribution is 2.41. The van der Waals surface area contributed by atoms with Crippen LogP contribution in [0.1, 0.15) is 44.6 Å². The van der Waals surface area contributed by atoms with E-state index in [1.807, 2.05) is 12.4 Å². The summed E-state index contributed by atoms with van der Waals surface area (Å²) in [6.07, 6.45) is 11.0. The van der Waals surface area contributed by atoms with Crippen LogP contribution in [0.2, 0.25) is 0 Å². The van der Waals surface area contributed by atoms with Gasteiger partial charge in [-0.25, -0.2) is 9.97 Å². The van der Waals surface area contributed by atoms with Gasteiger partial charge in [0.1, 0.15) is 0 Å². The van der Waals surface area contributed by atoms with E-state index in [1.54, 1.807) is 0 Å². The summed E-state index contributed by atoms with van der Waals surface area (Å²) in [5.74, 6) is 0.732. The minimum absolute atomic E-state index is 0.168. The van der Waals surface area contributed by atoms with Crippen LogP contribution in [0.4, 0.5) is 5.95 Å². The lowest BCUT2D eigenvalue weighted by Crippen LogP contribution is -2.26. The summed E-state index contributed by atoms with van der Waals surface area (Å²) in [6, 6.07) is 0.371. The maximum absolute atomic E-state index is 6.01. The molecular weight excluding hydrogens is 226 g/mol. The Bertz CT molecular complexity index is 398. The highest BCUT2D eigenvalue weighted by atomic mass is 16.5. The van der Waals surface area contributed by atoms with Crippen molar-refractivity contribution in [3.05, 3.63) is 18.0 Å². The van der Waals surface area contributed by atoms with E-state index in [1.165, 1.54) is 31.2 Å². The molecule has 1 aromatic rings. The van der Waals surface area contributed by atoms with Gasteiger partial charge in [0.15, 0.2) is 0 Å². The Balaban J connectivity index is 1.60. The van der Waals surface area contributed by atoms with Gasteiger partial charge in [-0.3, -0.25) is 0 Å². The van der Waals surface area contributed by atoms with Gasteiger partial charge in [-0.2, -0.15) is 0 Å². The number of hydrogen-bond donors (Lipinski definition) is 1. The van der Waals surface area contributed by atoms with Gasteiger partial charge in [-0.1, -0.05) is 19.8 Å². The second-order valence-corrected chi connectivity index (χ2v) is 5.51. The number of rotatable bonds is 3. The van der Waals surface area contributed by atoms with Crippen molar-refractivity contribution < 1.29 is 4.74 Å². The molecule has 1 aliphatic carbocycles. The fourth-order valence-electron chi connectivity index (χ4n) is 3.10. The lowest BCUT2D eigenvalue weighted by Gasteiger charge is -2.21. The molecule has 0 aromatic carbocycles. The average Bonchev–Trinajstić information content (AvgIpc) is 3.02. The van der Waals surface area contributed by atoms with Crippen LogP contribution in [0.3, 0.4) is 0 Å². The van der Waals surface area contributed by atoms with Crippen LogP contribution < -0.4 is 5.32 Å². The molecule has 4 nitrogen and oxygen atoms in total. The average molecular weight is 247 g/mol. The molecule has 2 fully saturated rings. The van der Waals surface area contributed by atoms with E-state index in [0.717, 1.165) is 25.4 Å². The number of nitrogens with one attached hydrogen (secondary N) is 1. The monoisotopic (exact) mass is 247 g/mol. The second-order valence-electron chi connectivity index (χ2n) is 5.51. The fraction of sp³-hybridized carbons (Fsp3) is 0.714. The highest BCUT2D eigenvalue weighted by molar-refractivity contribution is 5.27. The van der Waals surface area contributed by atoms with Gasteiger partial charge >= 0.3 is 0 Å². The molecule has 1 saturated carbocycles. The first-order valence-corrected chi connectivity index (χ1v) is 7.01. The van der Waals surface area contributed by atoms with E-state index >= 15 is 0 Å². The molecule has 1 saturated heterocycles. The first-order valence-electron chi connectivity index (χ1n) is 7.01. The fourth-order valence-corrected chi connectivity index (χ4v) is 3.10. The van der Waals surface area contributed by atoms with Crippen molar-refractivity contribution in [2.75, 3.05) is 11.9 Å². The summed E-state index contributed by atoms with van der Waals surface area (Å²) in [4.78, 5) is 8.70. The molecule has 1 spiro atoms. The number of hydrogen-bond acceptors (Lipinski definition) is 4. The molecule has 1 aromatic heterocycles. The van der Waals surface area contributed by atoms with E-state index in [2.05, 4.69) is 22.2 Å². The molecule has 98 valence electrons. The molecule has 0 bridgehead atoms. The molecule has 2 heterocycles. The minimum atomic E-state index is 0.168. The molecule has 0 radical (unpaired) electrons. The number of ether oxygens (including phenoxy) is 1. The number of nitrogens with zero attached hydrogens (tertiary/aromatic N) is 2. The van der Waals surface area contributed by atoms with E-state index in [-0.39, 0.29) is 5.60 Å². The van der Waals surface area contributed by atoms with Crippen molar-refractivity contribution in [3.63, 3.8) is 0 Å². The summed E-state index contributed by atoms with van der Waals surface area (Å²) in [7, 11) is 0. The lowest BCUT2D eigenvalue weighted by molar-refractivity contribution is 0.0103. The molecule has 1 aliphatic heterocycles. The third-order valence-corrected chi connectivity index (χ3v) is 4.17. The zero-order valence-corrected chi connectivity index (χ0v) is 11.0. The van der Waals surface area contributed by atoms with Gasteiger partial charge in [-0.15, -0.1) is 0 Å². The summed E-state index contributed by atoms with van der Waals surface area (Å²) in [5.41, 5.74) is 1.34. The van der Waals surface area contributed by atoms with Crippen molar-refractivity contribution in [2.24, 2.45) is 0 Å². The topological polar surface area (TPSA) is 47.0 Å². The Hall–Kier alpha value is -1.16. The van der Waals surface area contributed by atoms with Crippen molar-refractivity contribution in [2.45, 2.75) is 57.1 Å². The first-order chi connectivity index (χ1) is 8.80. The largest absolute Gasteiger partial charge is 0.373 e. The Morgan fingerprint density at radius 3 is 2.72 bits per heavy atom. The SMILES string of the molecule is CCc1cnc(NC2COC3(CCCC3)C2)nc1. The number of aromatic nitrogens is 2. The van der Waals surface area contributed by atoms with Gasteiger partial charge in [0, 0.05) is 12.4 Å². The van der Waals surface area contributed by atoms with Crippen molar-refractivity contribution in [1.82, 2.24) is 9.97 Å². The lowest BCUT2D eigenvalue weighted by atomic mass is 9.96. The molecule has 1 N–H and O–H groups in total. The van der Waals surface area contributed by atoms with E-state index in [4.69, 9.17) is 4.74 Å². The van der Waals surface area contributed by atoms with E-state index in [9.17, 15) is 0 Å². The Morgan fingerprint density at radius 2 is 2.06 bits per heavy atom. The second kappa shape index (κ2) is 4.84. The zero-order chi connectivity index (χ0) is 12.4. The molecule has 18 heavy (non-hydrogen) atoms. The first kappa shape index (κ1) is 11.9. The van der Waals surface area contributed by atoms with Crippen LogP contribution in [0.25, 0.3) is 0 Å². The summed E-state index contributed by atoms with van der Waals surface area (Å²) < 4.78 is 6.01. The van der Waals surface area contributed by atoms with Gasteiger partial charge in [0.2, 0.25) is 5.95 Å². The quantitative estimate of drug-likeness (QED) is 0.891. The highest BCUT2D eigenvalue weighted by Gasteiger charge is 2.42. The third kappa shape index (κ3) is 2.34. The third-order valence-electron chi connectivity index (χ3n) is 4.17. The molecule has 2 aliphatic rings. The maximum atomic E-state index is 6.01. The van der Waals surface area contributed by atoms with Crippen LogP contribution in [-0.4, -0.2) is 28.2 Å². The maximum Gasteiger partial charge on any atom is 0.222 e. The summed E-state index contributed by atoms with van der Waals surface area (Å²) in [5, 5.41) is 3.40. The predicted molar refractivity (Wildman–Crippen MR) is 70.6 cm³/mol. The molecular formula is C14H21N3O. The molecule has 4 heteroatoms. The van der Waals surface area contributed by atoms with Crippen LogP contribution in [0, 0.1) is 0 Å². The summed E-state index contributed by atoms with van der Waals surface area (Å²) >= 11 is 0. The molecule has 0 amide bonds. The predicted octanol–water partition coefficient (Wildman–Crippen LogP) is 2.55. The Morgan fingerprint density at radius 1 is 1.33 bits per heavy atom. The minimum Gasteiger partial charge on any atom is -0.373 e.